The summed E-state index contributed by atoms with van der Waals surface area (Å²) >= 11 is 1.33. The van der Waals surface area contributed by atoms with Crippen LogP contribution >= 0.6 is 11.3 Å². The summed E-state index contributed by atoms with van der Waals surface area (Å²) in [6.45, 7) is 7.24. The molecule has 1 fully saturated rings. The summed E-state index contributed by atoms with van der Waals surface area (Å²) in [5, 5.41) is 9.93. The molecule has 0 amide bonds. The van der Waals surface area contributed by atoms with Gasteiger partial charge in [0.05, 0.1) is 22.2 Å². The molecule has 2 heterocycles. The molecule has 35 heavy (non-hydrogen) atoms. The summed E-state index contributed by atoms with van der Waals surface area (Å²) in [5.41, 5.74) is 2.91. The van der Waals surface area contributed by atoms with Gasteiger partial charge in [0.15, 0.2) is 5.13 Å². The summed E-state index contributed by atoms with van der Waals surface area (Å²) in [7, 11) is 0. The Balaban J connectivity index is 1.52. The molecule has 0 aliphatic carbocycles. The van der Waals surface area contributed by atoms with Crippen molar-refractivity contribution in [3.05, 3.63) is 58.7 Å². The maximum atomic E-state index is 13.2. The summed E-state index contributed by atoms with van der Waals surface area (Å²) < 4.78 is 40.0. The second kappa shape index (κ2) is 10.5. The normalized spacial score (nSPS) is 17.3. The molecule has 3 aromatic rings. The summed E-state index contributed by atoms with van der Waals surface area (Å²) in [4.78, 5) is 20.5. The average molecular weight is 506 g/mol. The Kier molecular flexibility index (Phi) is 7.66. The first-order valence-corrected chi connectivity index (χ1v) is 12.7. The third kappa shape index (κ3) is 6.32. The predicted octanol–water partition coefficient (Wildman–Crippen LogP) is 6.13. The highest BCUT2D eigenvalue weighted by Gasteiger charge is 2.32. The fourth-order valence-corrected chi connectivity index (χ4v) is 5.89. The number of piperazine rings is 1. The lowest BCUT2D eigenvalue weighted by molar-refractivity contribution is -0.138. The summed E-state index contributed by atoms with van der Waals surface area (Å²) in [6, 6.07) is 9.96. The van der Waals surface area contributed by atoms with Crippen LogP contribution in [0.15, 0.2) is 36.4 Å². The SMILES string of the molecule is CCCC[C@@H]1CN(Cc2cc(C)cc(CC(=O)O)c2)CCN1c1nc2ccc(C(F)(F)F)cc2s1. The minimum Gasteiger partial charge on any atom is -0.481 e. The first-order chi connectivity index (χ1) is 16.6. The number of aliphatic carboxylic acids is 1. The number of hydrogen-bond donors (Lipinski definition) is 1. The summed E-state index contributed by atoms with van der Waals surface area (Å²) in [5.74, 6) is -0.840. The number of benzene rings is 2. The van der Waals surface area contributed by atoms with Crippen molar-refractivity contribution in [2.45, 2.75) is 58.3 Å². The second-order valence-corrected chi connectivity index (χ2v) is 10.3. The number of rotatable bonds is 8. The van der Waals surface area contributed by atoms with Gasteiger partial charge in [-0.1, -0.05) is 54.9 Å². The zero-order chi connectivity index (χ0) is 25.2. The van der Waals surface area contributed by atoms with E-state index in [4.69, 9.17) is 5.11 Å². The Morgan fingerprint density at radius 1 is 1.17 bits per heavy atom. The van der Waals surface area contributed by atoms with E-state index in [1.165, 1.54) is 23.5 Å². The molecular formula is C26H30F3N3O2S. The number of anilines is 1. The van der Waals surface area contributed by atoms with Crippen LogP contribution in [0.1, 0.15) is 48.4 Å². The minimum atomic E-state index is -4.37. The number of carbonyl (C=O) groups is 1. The Labute approximate surface area is 207 Å². The van der Waals surface area contributed by atoms with Crippen molar-refractivity contribution in [3.63, 3.8) is 0 Å². The number of carboxylic acid groups (broad SMARTS) is 1. The predicted molar refractivity (Wildman–Crippen MR) is 133 cm³/mol. The molecule has 188 valence electrons. The van der Waals surface area contributed by atoms with Crippen molar-refractivity contribution < 1.29 is 23.1 Å². The molecule has 1 aliphatic heterocycles. The van der Waals surface area contributed by atoms with Crippen molar-refractivity contribution >= 4 is 32.7 Å². The molecule has 0 radical (unpaired) electrons. The second-order valence-electron chi connectivity index (χ2n) is 9.30. The number of unbranched alkanes of at least 4 members (excludes halogenated alkanes) is 1. The molecule has 2 aromatic carbocycles. The molecule has 0 unspecified atom stereocenters. The third-order valence-electron chi connectivity index (χ3n) is 6.37. The van der Waals surface area contributed by atoms with E-state index < -0.39 is 17.7 Å². The van der Waals surface area contributed by atoms with E-state index in [-0.39, 0.29) is 12.5 Å². The van der Waals surface area contributed by atoms with Gasteiger partial charge in [-0.15, -0.1) is 0 Å². The number of alkyl halides is 3. The molecule has 1 aliphatic rings. The van der Waals surface area contributed by atoms with E-state index >= 15 is 0 Å². The van der Waals surface area contributed by atoms with Gasteiger partial charge in [0, 0.05) is 32.2 Å². The first-order valence-electron chi connectivity index (χ1n) is 11.9. The molecule has 0 bridgehead atoms. The molecule has 9 heteroatoms. The van der Waals surface area contributed by atoms with Crippen LogP contribution in [0.2, 0.25) is 0 Å². The van der Waals surface area contributed by atoms with E-state index in [1.54, 1.807) is 0 Å². The quantitative estimate of drug-likeness (QED) is 0.399. The molecule has 1 N–H and O–H groups in total. The van der Waals surface area contributed by atoms with Crippen LogP contribution < -0.4 is 4.90 Å². The maximum Gasteiger partial charge on any atom is 0.416 e. The molecule has 4 rings (SSSR count). The van der Waals surface area contributed by atoms with Crippen molar-refractivity contribution in [2.75, 3.05) is 24.5 Å². The monoisotopic (exact) mass is 505 g/mol. The van der Waals surface area contributed by atoms with Crippen molar-refractivity contribution in [2.24, 2.45) is 0 Å². The van der Waals surface area contributed by atoms with Crippen LogP contribution in [0.4, 0.5) is 18.3 Å². The summed E-state index contributed by atoms with van der Waals surface area (Å²) in [6.07, 6.45) is -1.25. The standard InChI is InChI=1S/C26H30F3N3O2S/c1-3-4-5-21-16-31(15-19-11-17(2)10-18(12-19)13-24(33)34)8-9-32(21)25-30-22-7-6-20(26(27,28)29)14-23(22)35-25/h6-7,10-12,14,21H,3-5,8-9,13,15-16H2,1-2H3,(H,33,34)/t21-/m1/s1. The maximum absolute atomic E-state index is 13.2. The molecular weight excluding hydrogens is 475 g/mol. The zero-order valence-corrected chi connectivity index (χ0v) is 20.8. The van der Waals surface area contributed by atoms with Crippen LogP contribution in [-0.4, -0.2) is 46.6 Å². The number of halogens is 3. The fraction of sp³-hybridized carbons (Fsp3) is 0.462. The van der Waals surface area contributed by atoms with Gasteiger partial charge in [0.25, 0.3) is 0 Å². The van der Waals surface area contributed by atoms with Crippen LogP contribution in [0.5, 0.6) is 0 Å². The molecule has 0 spiro atoms. The van der Waals surface area contributed by atoms with Gasteiger partial charge >= 0.3 is 12.1 Å². The zero-order valence-electron chi connectivity index (χ0n) is 19.9. The lowest BCUT2D eigenvalue weighted by atomic mass is 10.0. The van der Waals surface area contributed by atoms with Gasteiger partial charge in [-0.2, -0.15) is 13.2 Å². The van der Waals surface area contributed by atoms with Crippen LogP contribution in [0.25, 0.3) is 10.2 Å². The minimum absolute atomic E-state index is 0.00917. The van der Waals surface area contributed by atoms with Crippen molar-refractivity contribution in [1.29, 1.82) is 0 Å². The lowest BCUT2D eigenvalue weighted by Crippen LogP contribution is -2.53. The Morgan fingerprint density at radius 3 is 2.66 bits per heavy atom. The fourth-order valence-electron chi connectivity index (χ4n) is 4.79. The van der Waals surface area contributed by atoms with Gasteiger partial charge in [0.2, 0.25) is 0 Å². The van der Waals surface area contributed by atoms with Gasteiger partial charge in [0.1, 0.15) is 0 Å². The number of fused-ring (bicyclic) bond motifs is 1. The lowest BCUT2D eigenvalue weighted by Gasteiger charge is -2.41. The number of carboxylic acids is 1. The number of nitrogens with zero attached hydrogens (tertiary/aromatic N) is 3. The van der Waals surface area contributed by atoms with E-state index in [0.29, 0.717) is 10.2 Å². The Hall–Kier alpha value is -2.65. The van der Waals surface area contributed by atoms with Crippen molar-refractivity contribution in [1.82, 2.24) is 9.88 Å². The van der Waals surface area contributed by atoms with Gasteiger partial charge in [-0.25, -0.2) is 4.98 Å². The molecule has 5 nitrogen and oxygen atoms in total. The highest BCUT2D eigenvalue weighted by molar-refractivity contribution is 7.22. The van der Waals surface area contributed by atoms with E-state index in [1.807, 2.05) is 19.1 Å². The average Bonchev–Trinajstić information content (AvgIpc) is 3.19. The van der Waals surface area contributed by atoms with Gasteiger partial charge in [-0.05, 0) is 42.7 Å². The smallest absolute Gasteiger partial charge is 0.416 e. The topological polar surface area (TPSA) is 56.7 Å². The molecule has 1 atom stereocenters. The Bertz CT molecular complexity index is 1190. The van der Waals surface area contributed by atoms with Gasteiger partial charge in [-0.3, -0.25) is 9.69 Å². The van der Waals surface area contributed by atoms with Crippen LogP contribution in [0.3, 0.4) is 0 Å². The number of thiazole rings is 1. The largest absolute Gasteiger partial charge is 0.481 e. The van der Waals surface area contributed by atoms with Crippen LogP contribution in [-0.2, 0) is 23.9 Å². The molecule has 1 aromatic heterocycles. The number of aromatic nitrogens is 1. The van der Waals surface area contributed by atoms with Crippen molar-refractivity contribution in [3.8, 4) is 0 Å². The first kappa shape index (κ1) is 25.4. The highest BCUT2D eigenvalue weighted by atomic mass is 32.1. The van der Waals surface area contributed by atoms with E-state index in [2.05, 4.69) is 27.8 Å². The van der Waals surface area contributed by atoms with Crippen LogP contribution in [0, 0.1) is 6.92 Å². The van der Waals surface area contributed by atoms with E-state index in [9.17, 15) is 18.0 Å². The number of aryl methyl sites for hydroxylation is 1. The highest BCUT2D eigenvalue weighted by Crippen LogP contribution is 2.36. The van der Waals surface area contributed by atoms with E-state index in [0.717, 1.165) is 73.3 Å². The number of hydrogen-bond acceptors (Lipinski definition) is 5. The Morgan fingerprint density at radius 2 is 1.94 bits per heavy atom. The molecule has 0 saturated carbocycles. The third-order valence-corrected chi connectivity index (χ3v) is 7.42. The molecule has 1 saturated heterocycles. The van der Waals surface area contributed by atoms with Gasteiger partial charge < -0.3 is 10.0 Å².